The maximum absolute atomic E-state index is 11.6. The number of nitrogens with one attached hydrogen (secondary N) is 1. The van der Waals surface area contributed by atoms with Gasteiger partial charge in [0.05, 0.1) is 6.54 Å². The van der Waals surface area contributed by atoms with Gasteiger partial charge < -0.3 is 5.32 Å². The average molecular weight is 440 g/mol. The van der Waals surface area contributed by atoms with Crippen molar-refractivity contribution >= 4 is 34.3 Å². The molecular formula is C25H21N5OS. The zero-order valence-corrected chi connectivity index (χ0v) is 18.3. The van der Waals surface area contributed by atoms with E-state index in [1.807, 2.05) is 66.9 Å². The molecule has 0 saturated heterocycles. The third kappa shape index (κ3) is 4.02. The molecule has 158 valence electrons. The highest BCUT2D eigenvalue weighted by Crippen LogP contribution is 2.27. The molecule has 5 rings (SSSR count). The van der Waals surface area contributed by atoms with Crippen molar-refractivity contribution in [3.8, 4) is 11.1 Å². The summed E-state index contributed by atoms with van der Waals surface area (Å²) in [6, 6.07) is 25.9. The Balaban J connectivity index is 1.52. The third-order valence-electron chi connectivity index (χ3n) is 5.15. The minimum atomic E-state index is -1.01. The molecule has 3 aromatic carbocycles. The fourth-order valence-corrected chi connectivity index (χ4v) is 4.15. The lowest BCUT2D eigenvalue weighted by Gasteiger charge is -2.11. The van der Waals surface area contributed by atoms with Crippen LogP contribution in [0.25, 0.3) is 17.3 Å². The van der Waals surface area contributed by atoms with Crippen molar-refractivity contribution in [3.63, 3.8) is 0 Å². The van der Waals surface area contributed by atoms with Crippen molar-refractivity contribution in [2.75, 3.05) is 18.1 Å². The molecule has 0 saturated carbocycles. The maximum atomic E-state index is 11.6. The number of hydrogen-bond acceptors (Lipinski definition) is 5. The molecule has 0 bridgehead atoms. The number of aliphatic imine (C=N–C) groups is 1. The van der Waals surface area contributed by atoms with E-state index in [2.05, 4.69) is 34.7 Å². The summed E-state index contributed by atoms with van der Waals surface area (Å²) in [6.45, 7) is 0.557. The number of fused-ring (bicyclic) bond motifs is 1. The molecule has 0 spiro atoms. The van der Waals surface area contributed by atoms with E-state index in [0.717, 1.165) is 33.0 Å². The molecule has 0 amide bonds. The predicted octanol–water partition coefficient (Wildman–Crippen LogP) is 4.75. The largest absolute Gasteiger partial charge is 0.323 e. The Morgan fingerprint density at radius 3 is 2.38 bits per heavy atom. The Kier molecular flexibility index (Phi) is 5.47. The highest BCUT2D eigenvalue weighted by Gasteiger charge is 2.20. The monoisotopic (exact) mass is 439 g/mol. The zero-order valence-electron chi connectivity index (χ0n) is 17.5. The molecule has 1 N–H and O–H groups in total. The SMILES string of the molecule is CS(=O)c1ccc(Nc2nc3n(n2)C=CCN=C3c2ccccc2-c2ccccc2)cc1. The van der Waals surface area contributed by atoms with Crippen molar-refractivity contribution in [2.24, 2.45) is 4.99 Å². The van der Waals surface area contributed by atoms with Crippen LogP contribution in [0.15, 0.2) is 94.8 Å². The molecule has 0 radical (unpaired) electrons. The summed E-state index contributed by atoms with van der Waals surface area (Å²) in [7, 11) is -1.01. The van der Waals surface area contributed by atoms with Gasteiger partial charge in [0, 0.05) is 39.4 Å². The summed E-state index contributed by atoms with van der Waals surface area (Å²) in [4.78, 5) is 10.3. The number of benzene rings is 3. The Hall–Kier alpha value is -3.84. The molecule has 1 aliphatic heterocycles. The van der Waals surface area contributed by atoms with Gasteiger partial charge in [-0.1, -0.05) is 54.6 Å². The number of nitrogens with zero attached hydrogens (tertiary/aromatic N) is 4. The topological polar surface area (TPSA) is 72.2 Å². The minimum absolute atomic E-state index is 0.474. The molecule has 0 fully saturated rings. The van der Waals surface area contributed by atoms with Crippen molar-refractivity contribution in [1.82, 2.24) is 14.8 Å². The van der Waals surface area contributed by atoms with Crippen LogP contribution >= 0.6 is 0 Å². The average Bonchev–Trinajstić information content (AvgIpc) is 3.11. The smallest absolute Gasteiger partial charge is 0.247 e. The van der Waals surface area contributed by atoms with Gasteiger partial charge in [-0.25, -0.2) is 4.68 Å². The molecule has 6 nitrogen and oxygen atoms in total. The Morgan fingerprint density at radius 1 is 0.906 bits per heavy atom. The molecule has 32 heavy (non-hydrogen) atoms. The third-order valence-corrected chi connectivity index (χ3v) is 6.09. The first kappa shape index (κ1) is 20.1. The van der Waals surface area contributed by atoms with E-state index in [1.165, 1.54) is 0 Å². The van der Waals surface area contributed by atoms with Crippen LogP contribution in [0.1, 0.15) is 11.4 Å². The highest BCUT2D eigenvalue weighted by molar-refractivity contribution is 7.84. The van der Waals surface area contributed by atoms with E-state index >= 15 is 0 Å². The van der Waals surface area contributed by atoms with Gasteiger partial charge in [-0.2, -0.15) is 4.98 Å². The number of anilines is 2. The quantitative estimate of drug-likeness (QED) is 0.487. The maximum Gasteiger partial charge on any atom is 0.247 e. The van der Waals surface area contributed by atoms with Crippen molar-refractivity contribution in [1.29, 1.82) is 0 Å². The molecule has 1 atom stereocenters. The van der Waals surface area contributed by atoms with Crippen LogP contribution in [0.2, 0.25) is 0 Å². The number of aromatic nitrogens is 3. The van der Waals surface area contributed by atoms with E-state index < -0.39 is 10.8 Å². The molecule has 7 heteroatoms. The minimum Gasteiger partial charge on any atom is -0.323 e. The van der Waals surface area contributed by atoms with Crippen molar-refractivity contribution in [3.05, 3.63) is 96.3 Å². The van der Waals surface area contributed by atoms with Crippen LogP contribution in [0.3, 0.4) is 0 Å². The zero-order chi connectivity index (χ0) is 21.9. The van der Waals surface area contributed by atoms with E-state index in [-0.39, 0.29) is 0 Å². The first-order valence-corrected chi connectivity index (χ1v) is 11.8. The first-order chi connectivity index (χ1) is 15.7. The standard InChI is InChI=1S/C25H21N5OS/c1-32(31)20-14-12-19(13-15-20)27-25-28-24-23(26-16-7-17-30(24)29-25)22-11-6-5-10-21(22)18-8-3-2-4-9-18/h2-15,17H,16H2,1H3,(H,27,29). The second-order valence-corrected chi connectivity index (χ2v) is 8.67. The summed E-state index contributed by atoms with van der Waals surface area (Å²) in [6.07, 6.45) is 5.51. The van der Waals surface area contributed by atoms with E-state index in [9.17, 15) is 4.21 Å². The summed E-state index contributed by atoms with van der Waals surface area (Å²) in [5, 5.41) is 7.84. The van der Waals surface area contributed by atoms with Gasteiger partial charge in [-0.15, -0.1) is 5.10 Å². The van der Waals surface area contributed by atoms with Gasteiger partial charge in [0.2, 0.25) is 5.95 Å². The molecule has 4 aromatic rings. The van der Waals surface area contributed by atoms with E-state index in [4.69, 9.17) is 9.98 Å². The molecular weight excluding hydrogens is 418 g/mol. The van der Waals surface area contributed by atoms with Gasteiger partial charge in [0.1, 0.15) is 5.71 Å². The van der Waals surface area contributed by atoms with Gasteiger partial charge in [0.15, 0.2) is 5.82 Å². The van der Waals surface area contributed by atoms with E-state index in [0.29, 0.717) is 18.3 Å². The summed E-state index contributed by atoms with van der Waals surface area (Å²) < 4.78 is 13.4. The van der Waals surface area contributed by atoms with Crippen LogP contribution in [0.4, 0.5) is 11.6 Å². The summed E-state index contributed by atoms with van der Waals surface area (Å²) in [5.41, 5.74) is 4.86. The van der Waals surface area contributed by atoms with Crippen LogP contribution in [-0.2, 0) is 10.8 Å². The van der Waals surface area contributed by atoms with Gasteiger partial charge in [-0.3, -0.25) is 9.20 Å². The van der Waals surface area contributed by atoms with Crippen LogP contribution in [0, 0.1) is 0 Å². The Morgan fingerprint density at radius 2 is 1.62 bits per heavy atom. The van der Waals surface area contributed by atoms with Crippen LogP contribution < -0.4 is 5.32 Å². The molecule has 1 aliphatic rings. The van der Waals surface area contributed by atoms with E-state index in [1.54, 1.807) is 10.9 Å². The summed E-state index contributed by atoms with van der Waals surface area (Å²) in [5.74, 6) is 1.15. The number of hydrogen-bond donors (Lipinski definition) is 1. The van der Waals surface area contributed by atoms with Crippen LogP contribution in [-0.4, -0.2) is 37.5 Å². The molecule has 0 aliphatic carbocycles. The summed E-state index contributed by atoms with van der Waals surface area (Å²) >= 11 is 0. The first-order valence-electron chi connectivity index (χ1n) is 10.2. The highest BCUT2D eigenvalue weighted by atomic mass is 32.2. The lowest BCUT2D eigenvalue weighted by atomic mass is 9.96. The van der Waals surface area contributed by atoms with Crippen LogP contribution in [0.5, 0.6) is 0 Å². The second-order valence-electron chi connectivity index (χ2n) is 7.29. The normalized spacial score (nSPS) is 13.7. The van der Waals surface area contributed by atoms with Crippen molar-refractivity contribution in [2.45, 2.75) is 4.90 Å². The number of rotatable bonds is 5. The molecule has 1 aromatic heterocycles. The second kappa shape index (κ2) is 8.72. The fraction of sp³-hybridized carbons (Fsp3) is 0.0800. The predicted molar refractivity (Wildman–Crippen MR) is 130 cm³/mol. The van der Waals surface area contributed by atoms with Crippen molar-refractivity contribution < 1.29 is 4.21 Å². The molecule has 1 unspecified atom stereocenters. The van der Waals surface area contributed by atoms with Gasteiger partial charge in [0.25, 0.3) is 0 Å². The van der Waals surface area contributed by atoms with Gasteiger partial charge >= 0.3 is 0 Å². The Bertz CT molecular complexity index is 1340. The lowest BCUT2D eigenvalue weighted by molar-refractivity contribution is 0.687. The lowest BCUT2D eigenvalue weighted by Crippen LogP contribution is -2.11. The Labute approximate surface area is 188 Å². The van der Waals surface area contributed by atoms with Gasteiger partial charge in [-0.05, 0) is 41.5 Å². The molecule has 2 heterocycles. The fourth-order valence-electron chi connectivity index (χ4n) is 3.63.